The highest BCUT2D eigenvalue weighted by atomic mass is 19.1. The highest BCUT2D eigenvalue weighted by Gasteiger charge is 2.18. The van der Waals surface area contributed by atoms with Crippen LogP contribution in [0.2, 0.25) is 0 Å². The molecule has 122 valence electrons. The highest BCUT2D eigenvalue weighted by Crippen LogP contribution is 2.14. The van der Waals surface area contributed by atoms with E-state index in [4.69, 9.17) is 4.42 Å². The minimum absolute atomic E-state index is 0.00758. The first-order valence-electron chi connectivity index (χ1n) is 7.65. The predicted molar refractivity (Wildman–Crippen MR) is 87.3 cm³/mol. The van der Waals surface area contributed by atoms with Gasteiger partial charge in [-0.2, -0.15) is 0 Å². The van der Waals surface area contributed by atoms with Crippen molar-refractivity contribution in [2.75, 3.05) is 0 Å². The molecule has 0 saturated heterocycles. The van der Waals surface area contributed by atoms with E-state index in [2.05, 4.69) is 4.98 Å². The van der Waals surface area contributed by atoms with Crippen LogP contribution in [-0.2, 0) is 24.3 Å². The molecule has 0 unspecified atom stereocenters. The zero-order valence-electron chi connectivity index (χ0n) is 13.1. The van der Waals surface area contributed by atoms with E-state index in [1.54, 1.807) is 47.8 Å². The largest absolute Gasteiger partial charge is 0.467 e. The second-order valence-electron chi connectivity index (χ2n) is 5.46. The predicted octanol–water partition coefficient (Wildman–Crippen LogP) is 3.59. The molecule has 0 aliphatic rings. The molecule has 0 spiro atoms. The van der Waals surface area contributed by atoms with Crippen molar-refractivity contribution in [1.29, 1.82) is 0 Å². The Bertz CT molecular complexity index is 788. The molecule has 2 aromatic heterocycles. The molecule has 0 atom stereocenters. The van der Waals surface area contributed by atoms with Crippen molar-refractivity contribution in [1.82, 2.24) is 9.88 Å². The number of aromatic nitrogens is 1. The smallest absolute Gasteiger partial charge is 0.227 e. The molecule has 5 heteroatoms. The first-order chi connectivity index (χ1) is 11.7. The Morgan fingerprint density at radius 1 is 1.08 bits per heavy atom. The molecule has 1 amide bonds. The van der Waals surface area contributed by atoms with Gasteiger partial charge in [-0.15, -0.1) is 0 Å². The summed E-state index contributed by atoms with van der Waals surface area (Å²) in [4.78, 5) is 18.4. The van der Waals surface area contributed by atoms with E-state index in [0.29, 0.717) is 24.4 Å². The average molecular weight is 324 g/mol. The van der Waals surface area contributed by atoms with Crippen LogP contribution < -0.4 is 0 Å². The van der Waals surface area contributed by atoms with Gasteiger partial charge in [0.05, 0.1) is 19.2 Å². The number of hydrogen-bond acceptors (Lipinski definition) is 3. The SMILES string of the molecule is O=C(Cc1ccccc1F)N(Cc1cccnc1)Cc1ccco1. The maximum absolute atomic E-state index is 13.8. The zero-order valence-corrected chi connectivity index (χ0v) is 13.1. The van der Waals surface area contributed by atoms with Gasteiger partial charge in [-0.3, -0.25) is 9.78 Å². The number of carbonyl (C=O) groups excluding carboxylic acids is 1. The molecule has 3 aromatic rings. The summed E-state index contributed by atoms with van der Waals surface area (Å²) in [5.41, 5.74) is 1.30. The molecule has 0 N–H and O–H groups in total. The van der Waals surface area contributed by atoms with Gasteiger partial charge < -0.3 is 9.32 Å². The summed E-state index contributed by atoms with van der Waals surface area (Å²) in [5, 5.41) is 0. The topological polar surface area (TPSA) is 46.3 Å². The zero-order chi connectivity index (χ0) is 16.8. The number of carbonyl (C=O) groups is 1. The summed E-state index contributed by atoms with van der Waals surface area (Å²) >= 11 is 0. The third-order valence-electron chi connectivity index (χ3n) is 3.68. The summed E-state index contributed by atoms with van der Waals surface area (Å²) in [7, 11) is 0. The van der Waals surface area contributed by atoms with Gasteiger partial charge in [-0.05, 0) is 35.4 Å². The molecule has 3 rings (SSSR count). The van der Waals surface area contributed by atoms with Crippen LogP contribution in [0.4, 0.5) is 4.39 Å². The van der Waals surface area contributed by atoms with Crippen LogP contribution in [0.25, 0.3) is 0 Å². The number of halogens is 1. The molecule has 0 fully saturated rings. The molecule has 1 aromatic carbocycles. The Balaban J connectivity index is 1.77. The first-order valence-corrected chi connectivity index (χ1v) is 7.65. The van der Waals surface area contributed by atoms with Crippen LogP contribution in [0.1, 0.15) is 16.9 Å². The van der Waals surface area contributed by atoms with Crippen LogP contribution in [0, 0.1) is 5.82 Å². The van der Waals surface area contributed by atoms with Gasteiger partial charge in [-0.1, -0.05) is 24.3 Å². The Kier molecular flexibility index (Phi) is 5.01. The van der Waals surface area contributed by atoms with Gasteiger partial charge in [0.1, 0.15) is 11.6 Å². The number of benzene rings is 1. The van der Waals surface area contributed by atoms with E-state index >= 15 is 0 Å². The lowest BCUT2D eigenvalue weighted by Crippen LogP contribution is -2.31. The number of amides is 1. The van der Waals surface area contributed by atoms with Crippen LogP contribution in [0.3, 0.4) is 0 Å². The van der Waals surface area contributed by atoms with E-state index in [9.17, 15) is 9.18 Å². The average Bonchev–Trinajstić information content (AvgIpc) is 3.10. The minimum Gasteiger partial charge on any atom is -0.467 e. The maximum Gasteiger partial charge on any atom is 0.227 e. The molecule has 0 saturated carbocycles. The highest BCUT2D eigenvalue weighted by molar-refractivity contribution is 5.78. The summed E-state index contributed by atoms with van der Waals surface area (Å²) in [6.45, 7) is 0.719. The van der Waals surface area contributed by atoms with Crippen molar-refractivity contribution in [2.45, 2.75) is 19.5 Å². The Morgan fingerprint density at radius 2 is 1.96 bits per heavy atom. The minimum atomic E-state index is -0.370. The standard InChI is InChI=1S/C19H17FN2O2/c20-18-8-2-1-6-16(18)11-19(23)22(14-17-7-4-10-24-17)13-15-5-3-9-21-12-15/h1-10,12H,11,13-14H2. The Hall–Kier alpha value is -2.95. The molecule has 0 aliphatic carbocycles. The lowest BCUT2D eigenvalue weighted by molar-refractivity contribution is -0.132. The lowest BCUT2D eigenvalue weighted by Gasteiger charge is -2.22. The summed E-state index contributed by atoms with van der Waals surface area (Å²) in [5.74, 6) is 0.145. The fourth-order valence-electron chi connectivity index (χ4n) is 2.45. The van der Waals surface area contributed by atoms with Crippen molar-refractivity contribution >= 4 is 5.91 Å². The van der Waals surface area contributed by atoms with Gasteiger partial charge >= 0.3 is 0 Å². The number of rotatable bonds is 6. The quantitative estimate of drug-likeness (QED) is 0.696. The molecule has 24 heavy (non-hydrogen) atoms. The van der Waals surface area contributed by atoms with Gasteiger partial charge in [0.15, 0.2) is 0 Å². The van der Waals surface area contributed by atoms with Crippen molar-refractivity contribution in [3.63, 3.8) is 0 Å². The normalized spacial score (nSPS) is 10.5. The van der Waals surface area contributed by atoms with Gasteiger partial charge in [0.2, 0.25) is 5.91 Å². The molecule has 0 radical (unpaired) electrons. The molecular formula is C19H17FN2O2. The summed E-state index contributed by atoms with van der Waals surface area (Å²) < 4.78 is 19.2. The summed E-state index contributed by atoms with van der Waals surface area (Å²) in [6.07, 6.45) is 4.97. The van der Waals surface area contributed by atoms with Crippen LogP contribution in [0.5, 0.6) is 0 Å². The van der Waals surface area contributed by atoms with E-state index in [-0.39, 0.29) is 18.1 Å². The number of pyridine rings is 1. The van der Waals surface area contributed by atoms with Crippen molar-refractivity contribution in [3.05, 3.63) is 89.9 Å². The first kappa shape index (κ1) is 15.9. The van der Waals surface area contributed by atoms with Gasteiger partial charge in [0.25, 0.3) is 0 Å². The lowest BCUT2D eigenvalue weighted by atomic mass is 10.1. The van der Waals surface area contributed by atoms with Crippen molar-refractivity contribution < 1.29 is 13.6 Å². The number of hydrogen-bond donors (Lipinski definition) is 0. The molecule has 0 bridgehead atoms. The second-order valence-corrected chi connectivity index (χ2v) is 5.46. The molecule has 0 aliphatic heterocycles. The monoisotopic (exact) mass is 324 g/mol. The second kappa shape index (κ2) is 7.55. The summed E-state index contributed by atoms with van der Waals surface area (Å²) in [6, 6.07) is 13.6. The van der Waals surface area contributed by atoms with E-state index < -0.39 is 0 Å². The number of furan rings is 1. The van der Waals surface area contributed by atoms with Crippen molar-refractivity contribution in [3.8, 4) is 0 Å². The van der Waals surface area contributed by atoms with Crippen molar-refractivity contribution in [2.24, 2.45) is 0 Å². The van der Waals surface area contributed by atoms with Crippen LogP contribution in [-0.4, -0.2) is 15.8 Å². The van der Waals surface area contributed by atoms with Gasteiger partial charge in [0, 0.05) is 18.9 Å². The molecule has 4 nitrogen and oxygen atoms in total. The Morgan fingerprint density at radius 3 is 2.67 bits per heavy atom. The van der Waals surface area contributed by atoms with Crippen LogP contribution >= 0.6 is 0 Å². The fourth-order valence-corrected chi connectivity index (χ4v) is 2.45. The number of nitrogens with zero attached hydrogens (tertiary/aromatic N) is 2. The fraction of sp³-hybridized carbons (Fsp3) is 0.158. The third-order valence-corrected chi connectivity index (χ3v) is 3.68. The molecular weight excluding hydrogens is 307 g/mol. The molecule has 2 heterocycles. The van der Waals surface area contributed by atoms with Gasteiger partial charge in [-0.25, -0.2) is 4.39 Å². The van der Waals surface area contributed by atoms with E-state index in [1.165, 1.54) is 6.07 Å². The van der Waals surface area contributed by atoms with Crippen LogP contribution in [0.15, 0.2) is 71.6 Å². The van der Waals surface area contributed by atoms with E-state index in [0.717, 1.165) is 5.56 Å². The maximum atomic E-state index is 13.8. The van der Waals surface area contributed by atoms with E-state index in [1.807, 2.05) is 18.2 Å². The third kappa shape index (κ3) is 4.07. The Labute approximate surface area is 139 Å².